The van der Waals surface area contributed by atoms with Gasteiger partial charge in [-0.15, -0.1) is 0 Å². The molecule has 0 radical (unpaired) electrons. The van der Waals surface area contributed by atoms with E-state index in [1.165, 1.54) is 17.4 Å². The van der Waals surface area contributed by atoms with Crippen molar-refractivity contribution in [2.75, 3.05) is 5.32 Å². The number of H-pyrrole nitrogens is 1. The minimum Gasteiger partial charge on any atom is -0.365 e. The SMILES string of the molecule is NC(=O)c1cc2ccc(C(F)(F)F)c(C(=O)Nc3ccsc3)c2[nH]c1=O. The van der Waals surface area contributed by atoms with E-state index in [0.29, 0.717) is 11.8 Å². The molecule has 2 aromatic heterocycles. The van der Waals surface area contributed by atoms with Crippen LogP contribution >= 0.6 is 11.3 Å². The number of anilines is 1. The Labute approximate surface area is 147 Å². The molecule has 0 aliphatic carbocycles. The third-order valence-corrected chi connectivity index (χ3v) is 4.28. The predicted molar refractivity (Wildman–Crippen MR) is 90.4 cm³/mol. The highest BCUT2D eigenvalue weighted by Crippen LogP contribution is 2.35. The molecule has 0 aliphatic heterocycles. The van der Waals surface area contributed by atoms with Gasteiger partial charge in [0.1, 0.15) is 5.56 Å². The van der Waals surface area contributed by atoms with Gasteiger partial charge in [0.15, 0.2) is 0 Å². The zero-order chi connectivity index (χ0) is 19.1. The van der Waals surface area contributed by atoms with Crippen molar-refractivity contribution < 1.29 is 22.8 Å². The molecule has 4 N–H and O–H groups in total. The monoisotopic (exact) mass is 381 g/mol. The first-order chi connectivity index (χ1) is 12.2. The van der Waals surface area contributed by atoms with Gasteiger partial charge in [0.05, 0.1) is 22.3 Å². The van der Waals surface area contributed by atoms with Crippen molar-refractivity contribution in [1.82, 2.24) is 4.98 Å². The number of rotatable bonds is 3. The van der Waals surface area contributed by atoms with Gasteiger partial charge in [-0.05, 0) is 29.0 Å². The van der Waals surface area contributed by atoms with E-state index in [9.17, 15) is 27.6 Å². The van der Waals surface area contributed by atoms with Gasteiger partial charge in [-0.1, -0.05) is 6.07 Å². The number of nitrogens with one attached hydrogen (secondary N) is 2. The highest BCUT2D eigenvalue weighted by atomic mass is 32.1. The van der Waals surface area contributed by atoms with Crippen LogP contribution in [0.15, 0.2) is 39.8 Å². The number of primary amides is 1. The first-order valence-electron chi connectivity index (χ1n) is 7.09. The second-order valence-corrected chi connectivity index (χ2v) is 6.07. The zero-order valence-electron chi connectivity index (χ0n) is 12.8. The van der Waals surface area contributed by atoms with Crippen LogP contribution in [0.2, 0.25) is 0 Å². The van der Waals surface area contributed by atoms with Gasteiger partial charge in [-0.3, -0.25) is 14.4 Å². The van der Waals surface area contributed by atoms with Gasteiger partial charge >= 0.3 is 6.18 Å². The molecule has 0 spiro atoms. The number of hydrogen-bond donors (Lipinski definition) is 3. The van der Waals surface area contributed by atoms with E-state index in [-0.39, 0.29) is 10.9 Å². The number of hydrogen-bond acceptors (Lipinski definition) is 4. The number of carbonyl (C=O) groups excluding carboxylic acids is 2. The molecule has 0 saturated carbocycles. The summed E-state index contributed by atoms with van der Waals surface area (Å²) in [6.07, 6.45) is -4.82. The Morgan fingerprint density at radius 2 is 1.92 bits per heavy atom. The van der Waals surface area contributed by atoms with Gasteiger partial charge in [0, 0.05) is 5.38 Å². The lowest BCUT2D eigenvalue weighted by Gasteiger charge is -2.15. The van der Waals surface area contributed by atoms with E-state index < -0.39 is 40.2 Å². The molecule has 6 nitrogen and oxygen atoms in total. The summed E-state index contributed by atoms with van der Waals surface area (Å²) in [7, 11) is 0. The van der Waals surface area contributed by atoms with Gasteiger partial charge in [0.25, 0.3) is 17.4 Å². The fourth-order valence-electron chi connectivity index (χ4n) is 2.46. The maximum absolute atomic E-state index is 13.4. The standard InChI is InChI=1S/C16H10F3N3O3S/c17-16(18,19)10-2-1-7-5-9(13(20)23)14(24)22-12(7)11(10)15(25)21-8-3-4-26-6-8/h1-6H,(H2,20,23)(H,21,25)(H,22,24). The number of fused-ring (bicyclic) bond motifs is 1. The van der Waals surface area contributed by atoms with Crippen LogP contribution in [-0.4, -0.2) is 16.8 Å². The quantitative estimate of drug-likeness (QED) is 0.649. The van der Waals surface area contributed by atoms with Crippen molar-refractivity contribution in [2.45, 2.75) is 6.18 Å². The van der Waals surface area contributed by atoms with E-state index in [0.717, 1.165) is 12.1 Å². The molecule has 0 bridgehead atoms. The summed E-state index contributed by atoms with van der Waals surface area (Å²) in [5, 5.41) is 5.62. The molecule has 1 aromatic carbocycles. The maximum atomic E-state index is 13.4. The van der Waals surface area contributed by atoms with Crippen molar-refractivity contribution in [2.24, 2.45) is 5.73 Å². The molecule has 134 valence electrons. The summed E-state index contributed by atoms with van der Waals surface area (Å²) in [5.74, 6) is -2.07. The largest absolute Gasteiger partial charge is 0.417 e. The van der Waals surface area contributed by atoms with E-state index in [1.807, 2.05) is 0 Å². The Morgan fingerprint density at radius 3 is 2.50 bits per heavy atom. The number of pyridine rings is 1. The van der Waals surface area contributed by atoms with Crippen molar-refractivity contribution in [3.63, 3.8) is 0 Å². The molecule has 3 rings (SSSR count). The summed E-state index contributed by atoms with van der Waals surface area (Å²) in [6.45, 7) is 0. The lowest BCUT2D eigenvalue weighted by Crippen LogP contribution is -2.25. The number of nitrogens with two attached hydrogens (primary N) is 1. The molecule has 0 saturated heterocycles. The first kappa shape index (κ1) is 17.7. The van der Waals surface area contributed by atoms with E-state index >= 15 is 0 Å². The number of alkyl halides is 3. The van der Waals surface area contributed by atoms with Crippen molar-refractivity contribution in [3.05, 3.63) is 62.1 Å². The molecule has 2 heterocycles. The Morgan fingerprint density at radius 1 is 1.19 bits per heavy atom. The fraction of sp³-hybridized carbons (Fsp3) is 0.0625. The van der Waals surface area contributed by atoms with Crippen LogP contribution in [0.25, 0.3) is 10.9 Å². The summed E-state index contributed by atoms with van der Waals surface area (Å²) < 4.78 is 40.1. The molecular weight excluding hydrogens is 371 g/mol. The minimum absolute atomic E-state index is 0.0712. The van der Waals surface area contributed by atoms with E-state index in [2.05, 4.69) is 10.3 Å². The second kappa shape index (κ2) is 6.30. The van der Waals surface area contributed by atoms with Crippen molar-refractivity contribution in [1.29, 1.82) is 0 Å². The summed E-state index contributed by atoms with van der Waals surface area (Å²) in [5.41, 5.74) is 1.72. The molecule has 10 heteroatoms. The van der Waals surface area contributed by atoms with Crippen LogP contribution < -0.4 is 16.6 Å². The number of benzene rings is 1. The van der Waals surface area contributed by atoms with E-state index in [4.69, 9.17) is 5.73 Å². The molecule has 3 aromatic rings. The summed E-state index contributed by atoms with van der Waals surface area (Å²) >= 11 is 1.25. The average molecular weight is 381 g/mol. The third-order valence-electron chi connectivity index (χ3n) is 3.60. The number of aromatic amines is 1. The normalized spacial score (nSPS) is 11.5. The van der Waals surface area contributed by atoms with Crippen molar-refractivity contribution >= 4 is 39.7 Å². The lowest BCUT2D eigenvalue weighted by atomic mass is 10.0. The smallest absolute Gasteiger partial charge is 0.365 e. The average Bonchev–Trinajstić information content (AvgIpc) is 3.04. The fourth-order valence-corrected chi connectivity index (χ4v) is 3.05. The second-order valence-electron chi connectivity index (χ2n) is 5.29. The molecule has 0 atom stereocenters. The molecule has 26 heavy (non-hydrogen) atoms. The molecule has 0 fully saturated rings. The Hall–Kier alpha value is -3.14. The molecule has 2 amide bonds. The van der Waals surface area contributed by atoms with E-state index in [1.54, 1.807) is 10.8 Å². The van der Waals surface area contributed by atoms with Gasteiger partial charge < -0.3 is 16.0 Å². The Balaban J connectivity index is 2.28. The lowest BCUT2D eigenvalue weighted by molar-refractivity contribution is -0.137. The first-order valence-corrected chi connectivity index (χ1v) is 8.03. The Kier molecular flexibility index (Phi) is 4.28. The van der Waals surface area contributed by atoms with Crippen LogP contribution in [0.1, 0.15) is 26.3 Å². The zero-order valence-corrected chi connectivity index (χ0v) is 13.6. The van der Waals surface area contributed by atoms with Crippen LogP contribution in [0, 0.1) is 0 Å². The highest BCUT2D eigenvalue weighted by molar-refractivity contribution is 7.08. The number of aromatic nitrogens is 1. The van der Waals surface area contributed by atoms with Crippen LogP contribution in [-0.2, 0) is 6.18 Å². The number of thiophene rings is 1. The highest BCUT2D eigenvalue weighted by Gasteiger charge is 2.36. The minimum atomic E-state index is -4.82. The van der Waals surface area contributed by atoms with Crippen LogP contribution in [0.5, 0.6) is 0 Å². The summed E-state index contributed by atoms with van der Waals surface area (Å²) in [6, 6.07) is 4.35. The number of amides is 2. The Bertz CT molecular complexity index is 1070. The molecule has 0 unspecified atom stereocenters. The molecule has 0 aliphatic rings. The van der Waals surface area contributed by atoms with Gasteiger partial charge in [-0.25, -0.2) is 0 Å². The topological polar surface area (TPSA) is 105 Å². The van der Waals surface area contributed by atoms with Crippen LogP contribution in [0.4, 0.5) is 18.9 Å². The number of halogens is 3. The maximum Gasteiger partial charge on any atom is 0.417 e. The van der Waals surface area contributed by atoms with Crippen molar-refractivity contribution in [3.8, 4) is 0 Å². The molecular formula is C16H10F3N3O3S. The van der Waals surface area contributed by atoms with Crippen LogP contribution in [0.3, 0.4) is 0 Å². The summed E-state index contributed by atoms with van der Waals surface area (Å²) in [4.78, 5) is 37.9. The van der Waals surface area contributed by atoms with Gasteiger partial charge in [0.2, 0.25) is 0 Å². The predicted octanol–water partition coefficient (Wildman–Crippen LogP) is 2.96. The number of carbonyl (C=O) groups is 2. The van der Waals surface area contributed by atoms with Gasteiger partial charge in [-0.2, -0.15) is 24.5 Å². The third kappa shape index (κ3) is 3.18.